The third-order valence-corrected chi connectivity index (χ3v) is 4.25. The number of carbonyl (C=O) groups is 1. The summed E-state index contributed by atoms with van der Waals surface area (Å²) in [5.74, 6) is -0.126. The van der Waals surface area contributed by atoms with Gasteiger partial charge in [0.15, 0.2) is 4.34 Å². The number of nitrogens with zero attached hydrogens (tertiary/aromatic N) is 2. The topological polar surface area (TPSA) is 66.9 Å². The van der Waals surface area contributed by atoms with Crippen LogP contribution in [0.3, 0.4) is 0 Å². The van der Waals surface area contributed by atoms with Crippen LogP contribution in [0.2, 0.25) is 0 Å². The number of halogens is 3. The largest absolute Gasteiger partial charge is 0.405 e. The van der Waals surface area contributed by atoms with E-state index < -0.39 is 12.7 Å². The number of benzene rings is 1. The van der Waals surface area contributed by atoms with Gasteiger partial charge in [0.05, 0.1) is 5.75 Å². The number of para-hydroxylation sites is 1. The standard InChI is InChI=1S/C12H11F3N4OS2/c13-12(14,15)7-16-10-18-19-11(22-10)21-6-9(20)17-8-4-2-1-3-5-8/h1-5H,6-7H2,(H,16,18)(H,17,20). The van der Waals surface area contributed by atoms with E-state index in [9.17, 15) is 18.0 Å². The van der Waals surface area contributed by atoms with Crippen molar-refractivity contribution < 1.29 is 18.0 Å². The number of hydrogen-bond donors (Lipinski definition) is 2. The first-order chi connectivity index (χ1) is 10.4. The lowest BCUT2D eigenvalue weighted by Crippen LogP contribution is -2.21. The molecule has 0 radical (unpaired) electrons. The van der Waals surface area contributed by atoms with Gasteiger partial charge in [0.2, 0.25) is 11.0 Å². The van der Waals surface area contributed by atoms with Crippen LogP contribution in [0, 0.1) is 0 Å². The Labute approximate surface area is 132 Å². The molecule has 0 unspecified atom stereocenters. The van der Waals surface area contributed by atoms with Crippen LogP contribution in [0.25, 0.3) is 0 Å². The molecule has 0 bridgehead atoms. The second-order valence-electron chi connectivity index (χ2n) is 4.04. The molecule has 2 rings (SSSR count). The Morgan fingerprint density at radius 3 is 2.64 bits per heavy atom. The van der Waals surface area contributed by atoms with Crippen molar-refractivity contribution in [3.8, 4) is 0 Å². The second-order valence-corrected chi connectivity index (χ2v) is 6.24. The minimum absolute atomic E-state index is 0.0725. The van der Waals surface area contributed by atoms with Gasteiger partial charge in [-0.1, -0.05) is 41.3 Å². The monoisotopic (exact) mass is 348 g/mol. The zero-order valence-electron chi connectivity index (χ0n) is 11.1. The highest BCUT2D eigenvalue weighted by molar-refractivity contribution is 8.01. The van der Waals surface area contributed by atoms with E-state index in [1.165, 1.54) is 0 Å². The van der Waals surface area contributed by atoms with E-state index >= 15 is 0 Å². The number of amides is 1. The minimum Gasteiger partial charge on any atom is -0.351 e. The highest BCUT2D eigenvalue weighted by Gasteiger charge is 2.27. The van der Waals surface area contributed by atoms with Gasteiger partial charge in [-0.25, -0.2) is 0 Å². The molecule has 0 aliphatic carbocycles. The van der Waals surface area contributed by atoms with Gasteiger partial charge in [-0.05, 0) is 12.1 Å². The molecule has 0 spiro atoms. The predicted molar refractivity (Wildman–Crippen MR) is 80.2 cm³/mol. The van der Waals surface area contributed by atoms with E-state index in [-0.39, 0.29) is 16.8 Å². The van der Waals surface area contributed by atoms with Crippen molar-refractivity contribution in [1.82, 2.24) is 10.2 Å². The number of alkyl halides is 3. The lowest BCUT2D eigenvalue weighted by Gasteiger charge is -2.05. The first-order valence-electron chi connectivity index (χ1n) is 6.04. The molecule has 1 aromatic carbocycles. The van der Waals surface area contributed by atoms with Crippen LogP contribution in [0.1, 0.15) is 0 Å². The Morgan fingerprint density at radius 1 is 1.23 bits per heavy atom. The Bertz CT molecular complexity index is 618. The van der Waals surface area contributed by atoms with Gasteiger partial charge in [-0.15, -0.1) is 10.2 Å². The van der Waals surface area contributed by atoms with Crippen molar-refractivity contribution in [2.24, 2.45) is 0 Å². The number of aromatic nitrogens is 2. The van der Waals surface area contributed by atoms with Gasteiger partial charge >= 0.3 is 6.18 Å². The van der Waals surface area contributed by atoms with E-state index in [1.54, 1.807) is 24.3 Å². The number of rotatable bonds is 6. The van der Waals surface area contributed by atoms with Crippen LogP contribution < -0.4 is 10.6 Å². The Kier molecular flexibility index (Phi) is 5.61. The molecule has 0 saturated carbocycles. The first-order valence-corrected chi connectivity index (χ1v) is 7.84. The van der Waals surface area contributed by atoms with Gasteiger partial charge in [-0.2, -0.15) is 13.2 Å². The summed E-state index contributed by atoms with van der Waals surface area (Å²) in [5, 5.41) is 12.2. The molecule has 10 heteroatoms. The van der Waals surface area contributed by atoms with E-state index in [4.69, 9.17) is 0 Å². The zero-order valence-corrected chi connectivity index (χ0v) is 12.7. The van der Waals surface area contributed by atoms with Crippen LogP contribution >= 0.6 is 23.1 Å². The molecule has 0 fully saturated rings. The third kappa shape index (κ3) is 5.90. The molecule has 1 amide bonds. The Hall–Kier alpha value is -1.81. The summed E-state index contributed by atoms with van der Waals surface area (Å²) in [7, 11) is 0. The maximum absolute atomic E-state index is 12.0. The van der Waals surface area contributed by atoms with Crippen LogP contribution in [-0.4, -0.2) is 34.6 Å². The molecule has 2 N–H and O–H groups in total. The molecule has 0 aliphatic rings. The maximum atomic E-state index is 12.0. The molecular weight excluding hydrogens is 337 g/mol. The van der Waals surface area contributed by atoms with Crippen molar-refractivity contribution in [3.63, 3.8) is 0 Å². The highest BCUT2D eigenvalue weighted by Crippen LogP contribution is 2.26. The van der Waals surface area contributed by atoms with Crippen molar-refractivity contribution in [2.45, 2.75) is 10.5 Å². The number of hydrogen-bond acceptors (Lipinski definition) is 6. The number of anilines is 2. The van der Waals surface area contributed by atoms with Crippen LogP contribution in [0.5, 0.6) is 0 Å². The minimum atomic E-state index is -4.31. The molecule has 1 heterocycles. The molecule has 5 nitrogen and oxygen atoms in total. The summed E-state index contributed by atoms with van der Waals surface area (Å²) in [6.45, 7) is -1.17. The number of carbonyl (C=O) groups excluding carboxylic acids is 1. The molecule has 22 heavy (non-hydrogen) atoms. The third-order valence-electron chi connectivity index (χ3n) is 2.23. The summed E-state index contributed by atoms with van der Waals surface area (Å²) in [6, 6.07) is 8.94. The van der Waals surface area contributed by atoms with Gasteiger partial charge in [-0.3, -0.25) is 4.79 Å². The molecule has 118 valence electrons. The fourth-order valence-corrected chi connectivity index (χ4v) is 2.91. The summed E-state index contributed by atoms with van der Waals surface area (Å²) < 4.78 is 36.6. The van der Waals surface area contributed by atoms with Crippen LogP contribution in [-0.2, 0) is 4.79 Å². The number of nitrogens with one attached hydrogen (secondary N) is 2. The van der Waals surface area contributed by atoms with Gasteiger partial charge in [0.25, 0.3) is 0 Å². The molecule has 1 aromatic heterocycles. The normalized spacial score (nSPS) is 11.2. The fourth-order valence-electron chi connectivity index (χ4n) is 1.36. The van der Waals surface area contributed by atoms with Crippen molar-refractivity contribution in [1.29, 1.82) is 0 Å². The summed E-state index contributed by atoms with van der Waals surface area (Å²) in [5.41, 5.74) is 0.679. The quantitative estimate of drug-likeness (QED) is 0.785. The van der Waals surface area contributed by atoms with Crippen LogP contribution in [0.4, 0.5) is 24.0 Å². The van der Waals surface area contributed by atoms with Crippen LogP contribution in [0.15, 0.2) is 34.7 Å². The Morgan fingerprint density at radius 2 is 1.95 bits per heavy atom. The highest BCUT2D eigenvalue weighted by atomic mass is 32.2. The van der Waals surface area contributed by atoms with E-state index in [0.717, 1.165) is 23.1 Å². The lowest BCUT2D eigenvalue weighted by molar-refractivity contribution is -0.115. The van der Waals surface area contributed by atoms with E-state index in [0.29, 0.717) is 10.0 Å². The molecular formula is C12H11F3N4OS2. The zero-order chi connectivity index (χ0) is 16.0. The van der Waals surface area contributed by atoms with E-state index in [2.05, 4.69) is 20.8 Å². The average Bonchev–Trinajstić information content (AvgIpc) is 2.91. The molecule has 0 aliphatic heterocycles. The van der Waals surface area contributed by atoms with Crippen molar-refractivity contribution in [3.05, 3.63) is 30.3 Å². The smallest absolute Gasteiger partial charge is 0.351 e. The lowest BCUT2D eigenvalue weighted by atomic mass is 10.3. The summed E-state index contributed by atoms with van der Waals surface area (Å²) in [4.78, 5) is 11.7. The van der Waals surface area contributed by atoms with Gasteiger partial charge < -0.3 is 10.6 Å². The maximum Gasteiger partial charge on any atom is 0.405 e. The average molecular weight is 348 g/mol. The van der Waals surface area contributed by atoms with Crippen molar-refractivity contribution in [2.75, 3.05) is 22.9 Å². The first kappa shape index (κ1) is 16.6. The van der Waals surface area contributed by atoms with Crippen molar-refractivity contribution >= 4 is 39.8 Å². The SMILES string of the molecule is O=C(CSc1nnc(NCC(F)(F)F)s1)Nc1ccccc1. The molecule has 0 atom stereocenters. The van der Waals surface area contributed by atoms with E-state index in [1.807, 2.05) is 6.07 Å². The second kappa shape index (κ2) is 7.45. The summed E-state index contributed by atoms with van der Waals surface area (Å²) >= 11 is 2.09. The fraction of sp³-hybridized carbons (Fsp3) is 0.250. The molecule has 0 saturated heterocycles. The van der Waals surface area contributed by atoms with Gasteiger partial charge in [0, 0.05) is 5.69 Å². The van der Waals surface area contributed by atoms with Gasteiger partial charge in [0.1, 0.15) is 6.54 Å². The Balaban J connectivity index is 1.77. The predicted octanol–water partition coefficient (Wildman–Crippen LogP) is 3.24. The number of thioether (sulfide) groups is 1. The summed E-state index contributed by atoms with van der Waals surface area (Å²) in [6.07, 6.45) is -4.31. The molecule has 2 aromatic rings.